The van der Waals surface area contributed by atoms with E-state index >= 15 is 0 Å². The van der Waals surface area contributed by atoms with Gasteiger partial charge in [0.2, 0.25) is 17.5 Å². The molecule has 8 N–H and O–H groups in total. The normalized spacial score (nSPS) is 25.7. The van der Waals surface area contributed by atoms with Crippen molar-refractivity contribution >= 4 is 11.0 Å². The van der Waals surface area contributed by atoms with Gasteiger partial charge in [-0.3, -0.25) is 4.79 Å². The number of rotatable bonds is 3. The third-order valence-electron chi connectivity index (χ3n) is 4.93. The molecule has 1 unspecified atom stereocenters. The summed E-state index contributed by atoms with van der Waals surface area (Å²) in [5.74, 6) is -3.15. The number of phenols is 4. The molecule has 2 aromatic carbocycles. The van der Waals surface area contributed by atoms with Gasteiger partial charge in [-0.05, 0) is 18.2 Å². The van der Waals surface area contributed by atoms with E-state index in [1.807, 2.05) is 0 Å². The Morgan fingerprint density at radius 1 is 0.812 bits per heavy atom. The van der Waals surface area contributed by atoms with Crippen molar-refractivity contribution < 1.29 is 54.7 Å². The van der Waals surface area contributed by atoms with Crippen molar-refractivity contribution in [2.45, 2.75) is 30.9 Å². The zero-order chi connectivity index (χ0) is 23.3. The van der Waals surface area contributed by atoms with E-state index in [0.717, 1.165) is 24.3 Å². The van der Waals surface area contributed by atoms with E-state index in [1.165, 1.54) is 6.07 Å². The van der Waals surface area contributed by atoms with Crippen molar-refractivity contribution in [1.82, 2.24) is 0 Å². The number of aliphatic hydroxyl groups excluding tert-OH is 4. The van der Waals surface area contributed by atoms with Crippen LogP contribution in [0.3, 0.4) is 0 Å². The van der Waals surface area contributed by atoms with Gasteiger partial charge < -0.3 is 54.7 Å². The molecule has 1 fully saturated rings. The van der Waals surface area contributed by atoms with Gasteiger partial charge in [0.05, 0.1) is 0 Å². The minimum Gasteiger partial charge on any atom is -0.508 e. The summed E-state index contributed by atoms with van der Waals surface area (Å²) in [7, 11) is 0. The van der Waals surface area contributed by atoms with E-state index in [0.29, 0.717) is 0 Å². The van der Waals surface area contributed by atoms with Crippen LogP contribution in [0.5, 0.6) is 28.7 Å². The van der Waals surface area contributed by atoms with Gasteiger partial charge in [-0.15, -0.1) is 0 Å². The van der Waals surface area contributed by atoms with Crippen LogP contribution in [0.4, 0.5) is 0 Å². The molecule has 5 atom stereocenters. The fourth-order valence-electron chi connectivity index (χ4n) is 3.27. The highest BCUT2D eigenvalue weighted by Gasteiger charge is 2.45. The van der Waals surface area contributed by atoms with E-state index in [-0.39, 0.29) is 16.9 Å². The van der Waals surface area contributed by atoms with Crippen LogP contribution < -0.4 is 10.2 Å². The lowest BCUT2D eigenvalue weighted by Crippen LogP contribution is -2.59. The summed E-state index contributed by atoms with van der Waals surface area (Å²) in [6.07, 6.45) is -9.45. The third-order valence-corrected chi connectivity index (χ3v) is 4.93. The minimum absolute atomic E-state index is 0.00330. The smallest absolute Gasteiger partial charge is 0.239 e. The number of aliphatic hydroxyl groups is 4. The van der Waals surface area contributed by atoms with E-state index in [9.17, 15) is 45.6 Å². The number of fused-ring (bicyclic) bond motifs is 1. The number of aromatic hydroxyl groups is 4. The SMILES string of the molecule is O=c1c(O[C@@H]2OC(O)[C@@H](O)[C@H](O)[C@@H]2O)c(-c2ccc(O)c(O)c2)oc2cc(O)cc(O)c12. The van der Waals surface area contributed by atoms with Crippen LogP contribution in [0.1, 0.15) is 0 Å². The van der Waals surface area contributed by atoms with Crippen molar-refractivity contribution in [3.8, 4) is 40.1 Å². The Balaban J connectivity index is 1.92. The molecule has 2 heterocycles. The molecule has 0 radical (unpaired) electrons. The number of hydrogen-bond donors (Lipinski definition) is 8. The molecule has 1 saturated heterocycles. The number of benzene rings is 2. The lowest BCUT2D eigenvalue weighted by atomic mass is 10.0. The van der Waals surface area contributed by atoms with Crippen LogP contribution in [-0.4, -0.2) is 71.7 Å². The van der Waals surface area contributed by atoms with Crippen molar-refractivity contribution in [3.63, 3.8) is 0 Å². The lowest BCUT2D eigenvalue weighted by Gasteiger charge is -2.37. The second-order valence-electron chi connectivity index (χ2n) is 7.12. The quantitative estimate of drug-likeness (QED) is 0.236. The summed E-state index contributed by atoms with van der Waals surface area (Å²) in [6.45, 7) is 0. The zero-order valence-electron chi connectivity index (χ0n) is 16.0. The van der Waals surface area contributed by atoms with E-state index < -0.39 is 70.5 Å². The second kappa shape index (κ2) is 7.85. The fourth-order valence-corrected chi connectivity index (χ4v) is 3.27. The maximum Gasteiger partial charge on any atom is 0.239 e. The monoisotopic (exact) mass is 450 g/mol. The molecule has 170 valence electrons. The average molecular weight is 450 g/mol. The maximum absolute atomic E-state index is 13.2. The van der Waals surface area contributed by atoms with Gasteiger partial charge in [0.1, 0.15) is 40.8 Å². The van der Waals surface area contributed by atoms with Crippen molar-refractivity contribution in [2.75, 3.05) is 0 Å². The summed E-state index contributed by atoms with van der Waals surface area (Å²) in [4.78, 5) is 13.2. The Labute approximate surface area is 178 Å². The molecule has 12 nitrogen and oxygen atoms in total. The molecule has 4 rings (SSSR count). The molecule has 0 saturated carbocycles. The highest BCUT2D eigenvalue weighted by Crippen LogP contribution is 2.39. The van der Waals surface area contributed by atoms with Crippen molar-refractivity contribution in [3.05, 3.63) is 40.6 Å². The molecule has 1 aliphatic heterocycles. The fraction of sp³-hybridized carbons (Fsp3) is 0.250. The van der Waals surface area contributed by atoms with Gasteiger partial charge in [-0.25, -0.2) is 0 Å². The Morgan fingerprint density at radius 2 is 1.53 bits per heavy atom. The van der Waals surface area contributed by atoms with Crippen LogP contribution in [0.2, 0.25) is 0 Å². The van der Waals surface area contributed by atoms with E-state index in [2.05, 4.69) is 0 Å². The molecule has 3 aromatic rings. The van der Waals surface area contributed by atoms with Crippen molar-refractivity contribution in [1.29, 1.82) is 0 Å². The molecule has 0 bridgehead atoms. The Morgan fingerprint density at radius 3 is 2.22 bits per heavy atom. The molecule has 0 amide bonds. The first-order chi connectivity index (χ1) is 15.1. The average Bonchev–Trinajstić information content (AvgIpc) is 2.73. The summed E-state index contributed by atoms with van der Waals surface area (Å²) in [5.41, 5.74) is -1.25. The van der Waals surface area contributed by atoms with Gasteiger partial charge in [0.25, 0.3) is 0 Å². The summed E-state index contributed by atoms with van der Waals surface area (Å²) < 4.78 is 16.0. The van der Waals surface area contributed by atoms with Crippen LogP contribution >= 0.6 is 0 Å². The molecule has 0 aliphatic carbocycles. The summed E-state index contributed by atoms with van der Waals surface area (Å²) >= 11 is 0. The van der Waals surface area contributed by atoms with Crippen LogP contribution in [0.25, 0.3) is 22.3 Å². The first-order valence-electron chi connectivity index (χ1n) is 9.18. The molecular weight excluding hydrogens is 432 g/mol. The maximum atomic E-state index is 13.2. The largest absolute Gasteiger partial charge is 0.508 e. The molecule has 0 spiro atoms. The van der Waals surface area contributed by atoms with Crippen LogP contribution in [0.15, 0.2) is 39.5 Å². The summed E-state index contributed by atoms with van der Waals surface area (Å²) in [6, 6.07) is 5.29. The predicted octanol–water partition coefficient (Wildman–Crippen LogP) is -0.581. The van der Waals surface area contributed by atoms with Gasteiger partial charge in [0.15, 0.2) is 23.5 Å². The second-order valence-corrected chi connectivity index (χ2v) is 7.12. The Kier molecular flexibility index (Phi) is 5.32. The Hall–Kier alpha value is -3.55. The molecule has 1 aromatic heterocycles. The van der Waals surface area contributed by atoms with Gasteiger partial charge in [-0.1, -0.05) is 0 Å². The van der Waals surface area contributed by atoms with E-state index in [1.54, 1.807) is 0 Å². The number of ether oxygens (including phenoxy) is 2. The van der Waals surface area contributed by atoms with E-state index in [4.69, 9.17) is 13.9 Å². The molecule has 12 heteroatoms. The molecule has 32 heavy (non-hydrogen) atoms. The number of hydrogen-bond acceptors (Lipinski definition) is 12. The highest BCUT2D eigenvalue weighted by molar-refractivity contribution is 5.88. The topological polar surface area (TPSA) is 211 Å². The third kappa shape index (κ3) is 3.55. The Bertz CT molecular complexity index is 1240. The first-order valence-corrected chi connectivity index (χ1v) is 9.18. The predicted molar refractivity (Wildman–Crippen MR) is 104 cm³/mol. The molecular formula is C20H18O12. The molecule has 1 aliphatic rings. The van der Waals surface area contributed by atoms with Gasteiger partial charge in [0, 0.05) is 17.7 Å². The van der Waals surface area contributed by atoms with Crippen molar-refractivity contribution in [2.24, 2.45) is 0 Å². The van der Waals surface area contributed by atoms with Gasteiger partial charge in [-0.2, -0.15) is 0 Å². The number of phenolic OH excluding ortho intramolecular Hbond substituents is 4. The standard InChI is InChI=1S/C20H18O12/c21-7-4-10(24)12-11(5-7)30-17(6-1-2-8(22)9(23)3-6)18(13(12)25)31-20-16(28)14(26)15(27)19(29)32-20/h1-5,14-16,19-24,26-29H/t14-,15-,16-,19?,20+/m0/s1. The highest BCUT2D eigenvalue weighted by atomic mass is 16.7. The minimum atomic E-state index is -1.96. The van der Waals surface area contributed by atoms with Crippen LogP contribution in [0, 0.1) is 0 Å². The lowest BCUT2D eigenvalue weighted by molar-refractivity contribution is -0.321. The first kappa shape index (κ1) is 21.7. The summed E-state index contributed by atoms with van der Waals surface area (Å²) in [5, 5.41) is 78.3. The zero-order valence-corrected chi connectivity index (χ0v) is 16.0. The van der Waals surface area contributed by atoms with Crippen LogP contribution in [-0.2, 0) is 4.74 Å². The van der Waals surface area contributed by atoms with Gasteiger partial charge >= 0.3 is 0 Å².